The van der Waals surface area contributed by atoms with Crippen molar-refractivity contribution >= 4 is 11.6 Å². The van der Waals surface area contributed by atoms with Crippen LogP contribution in [0.3, 0.4) is 0 Å². The van der Waals surface area contributed by atoms with Gasteiger partial charge in [-0.3, -0.25) is 4.79 Å². The molecule has 0 aliphatic rings. The highest BCUT2D eigenvalue weighted by molar-refractivity contribution is 6.04. The number of carbonyl (C=O) groups is 1. The first-order valence-electron chi connectivity index (χ1n) is 11.3. The molecule has 1 N–H and O–H groups in total. The second-order valence-electron chi connectivity index (χ2n) is 8.25. The average molecular weight is 456 g/mol. The van der Waals surface area contributed by atoms with Gasteiger partial charge in [0.15, 0.2) is 6.73 Å². The van der Waals surface area contributed by atoms with Gasteiger partial charge in [0.25, 0.3) is 5.91 Å². The molecule has 4 aromatic rings. The SMILES string of the molecule is CCc1ccc(OCn2cc(NC(=O)c3cccc(COc4ccc(C)cc4C)c3)cn2)cc1. The van der Waals surface area contributed by atoms with Crippen molar-refractivity contribution in [2.45, 2.75) is 40.5 Å². The third kappa shape index (κ3) is 6.04. The summed E-state index contributed by atoms with van der Waals surface area (Å²) in [6.45, 7) is 6.85. The number of aromatic nitrogens is 2. The molecule has 4 rings (SSSR count). The first kappa shape index (κ1) is 23.1. The van der Waals surface area contributed by atoms with Gasteiger partial charge in [0.05, 0.1) is 18.1 Å². The van der Waals surface area contributed by atoms with Crippen LogP contribution < -0.4 is 14.8 Å². The van der Waals surface area contributed by atoms with Gasteiger partial charge in [0.1, 0.15) is 18.1 Å². The van der Waals surface area contributed by atoms with Gasteiger partial charge < -0.3 is 14.8 Å². The van der Waals surface area contributed by atoms with Crippen LogP contribution in [0.5, 0.6) is 11.5 Å². The van der Waals surface area contributed by atoms with Crippen molar-refractivity contribution in [3.05, 3.63) is 107 Å². The van der Waals surface area contributed by atoms with E-state index in [0.29, 0.717) is 17.9 Å². The minimum absolute atomic E-state index is 0.205. The Hall–Kier alpha value is -4.06. The van der Waals surface area contributed by atoms with Crippen LogP contribution in [0.4, 0.5) is 5.69 Å². The second kappa shape index (κ2) is 10.7. The van der Waals surface area contributed by atoms with Crippen molar-refractivity contribution in [1.29, 1.82) is 0 Å². The van der Waals surface area contributed by atoms with Crippen LogP contribution in [0.15, 0.2) is 79.1 Å². The fourth-order valence-corrected chi connectivity index (χ4v) is 3.59. The van der Waals surface area contributed by atoms with E-state index in [2.05, 4.69) is 30.3 Å². The van der Waals surface area contributed by atoms with E-state index in [1.807, 2.05) is 61.5 Å². The quantitative estimate of drug-likeness (QED) is 0.340. The molecule has 1 amide bonds. The van der Waals surface area contributed by atoms with E-state index in [1.54, 1.807) is 23.1 Å². The maximum absolute atomic E-state index is 12.8. The van der Waals surface area contributed by atoms with E-state index in [4.69, 9.17) is 9.47 Å². The van der Waals surface area contributed by atoms with Gasteiger partial charge in [-0.25, -0.2) is 4.68 Å². The molecular formula is C28H29N3O3. The molecule has 0 aliphatic carbocycles. The van der Waals surface area contributed by atoms with E-state index in [9.17, 15) is 4.79 Å². The van der Waals surface area contributed by atoms with Crippen LogP contribution >= 0.6 is 0 Å². The summed E-state index contributed by atoms with van der Waals surface area (Å²) >= 11 is 0. The van der Waals surface area contributed by atoms with Gasteiger partial charge in [0, 0.05) is 5.56 Å². The number of ether oxygens (including phenoxy) is 2. The summed E-state index contributed by atoms with van der Waals surface area (Å²) in [7, 11) is 0. The summed E-state index contributed by atoms with van der Waals surface area (Å²) < 4.78 is 13.4. The molecule has 0 saturated heterocycles. The van der Waals surface area contributed by atoms with E-state index < -0.39 is 0 Å². The molecule has 0 spiro atoms. The molecule has 0 radical (unpaired) electrons. The number of aryl methyl sites for hydroxylation is 3. The van der Waals surface area contributed by atoms with Crippen LogP contribution in [0.25, 0.3) is 0 Å². The second-order valence-corrected chi connectivity index (χ2v) is 8.25. The Morgan fingerprint density at radius 3 is 2.56 bits per heavy atom. The fourth-order valence-electron chi connectivity index (χ4n) is 3.59. The van der Waals surface area contributed by atoms with Crippen molar-refractivity contribution in [2.24, 2.45) is 0 Å². The Morgan fingerprint density at radius 1 is 0.971 bits per heavy atom. The zero-order chi connectivity index (χ0) is 23.9. The minimum atomic E-state index is -0.205. The van der Waals surface area contributed by atoms with E-state index in [0.717, 1.165) is 29.0 Å². The smallest absolute Gasteiger partial charge is 0.255 e. The number of hydrogen-bond donors (Lipinski definition) is 1. The number of nitrogens with zero attached hydrogens (tertiary/aromatic N) is 2. The lowest BCUT2D eigenvalue weighted by Gasteiger charge is -2.11. The molecule has 0 saturated carbocycles. The van der Waals surface area contributed by atoms with Crippen LogP contribution in [0.2, 0.25) is 0 Å². The maximum Gasteiger partial charge on any atom is 0.255 e. The molecule has 1 heterocycles. The van der Waals surface area contributed by atoms with E-state index >= 15 is 0 Å². The molecule has 0 atom stereocenters. The maximum atomic E-state index is 12.8. The number of rotatable bonds is 9. The zero-order valence-corrected chi connectivity index (χ0v) is 19.7. The molecule has 6 heteroatoms. The molecule has 0 aliphatic heterocycles. The Morgan fingerprint density at radius 2 is 1.79 bits per heavy atom. The van der Waals surface area contributed by atoms with Crippen LogP contribution in [-0.2, 0) is 19.8 Å². The minimum Gasteiger partial charge on any atom is -0.489 e. The Bertz CT molecular complexity index is 1260. The van der Waals surface area contributed by atoms with Crippen molar-refractivity contribution in [2.75, 3.05) is 5.32 Å². The lowest BCUT2D eigenvalue weighted by atomic mass is 10.1. The highest BCUT2D eigenvalue weighted by Crippen LogP contribution is 2.20. The predicted molar refractivity (Wildman–Crippen MR) is 133 cm³/mol. The summed E-state index contributed by atoms with van der Waals surface area (Å²) in [4.78, 5) is 12.8. The standard InChI is InChI=1S/C28H29N3O3/c1-4-22-9-11-26(12-10-22)34-19-31-17-25(16-29-31)30-28(32)24-7-5-6-23(15-24)18-33-27-13-8-20(2)14-21(27)3/h5-17H,4,18-19H2,1-3H3,(H,30,32). The van der Waals surface area contributed by atoms with Gasteiger partial charge in [-0.05, 0) is 67.3 Å². The highest BCUT2D eigenvalue weighted by Gasteiger charge is 2.09. The van der Waals surface area contributed by atoms with Gasteiger partial charge in [-0.2, -0.15) is 5.10 Å². The lowest BCUT2D eigenvalue weighted by Crippen LogP contribution is -2.12. The lowest BCUT2D eigenvalue weighted by molar-refractivity contribution is 0.102. The molecule has 174 valence electrons. The largest absolute Gasteiger partial charge is 0.489 e. The van der Waals surface area contributed by atoms with Crippen molar-refractivity contribution < 1.29 is 14.3 Å². The van der Waals surface area contributed by atoms with Crippen LogP contribution in [0, 0.1) is 13.8 Å². The number of amides is 1. The topological polar surface area (TPSA) is 65.4 Å². The van der Waals surface area contributed by atoms with Gasteiger partial charge >= 0.3 is 0 Å². The van der Waals surface area contributed by atoms with Gasteiger partial charge in [-0.1, -0.05) is 48.9 Å². The zero-order valence-electron chi connectivity index (χ0n) is 19.7. The number of nitrogens with one attached hydrogen (secondary N) is 1. The molecule has 3 aromatic carbocycles. The predicted octanol–water partition coefficient (Wildman–Crippen LogP) is 5.93. The van der Waals surface area contributed by atoms with Crippen LogP contribution in [-0.4, -0.2) is 15.7 Å². The molecule has 0 fully saturated rings. The molecule has 0 unspecified atom stereocenters. The number of carbonyl (C=O) groups excluding carboxylic acids is 1. The summed E-state index contributed by atoms with van der Waals surface area (Å²) in [5.41, 5.74) is 5.63. The normalized spacial score (nSPS) is 10.7. The number of hydrogen-bond acceptors (Lipinski definition) is 4. The molecule has 0 bridgehead atoms. The first-order chi connectivity index (χ1) is 16.5. The number of benzene rings is 3. The van der Waals surface area contributed by atoms with Gasteiger partial charge in [-0.15, -0.1) is 0 Å². The van der Waals surface area contributed by atoms with Crippen molar-refractivity contribution in [1.82, 2.24) is 9.78 Å². The summed E-state index contributed by atoms with van der Waals surface area (Å²) in [5.74, 6) is 1.42. The highest BCUT2D eigenvalue weighted by atomic mass is 16.5. The number of anilines is 1. The van der Waals surface area contributed by atoms with E-state index in [1.165, 1.54) is 11.1 Å². The molecule has 34 heavy (non-hydrogen) atoms. The van der Waals surface area contributed by atoms with Crippen molar-refractivity contribution in [3.63, 3.8) is 0 Å². The van der Waals surface area contributed by atoms with Crippen LogP contribution in [0.1, 0.15) is 39.5 Å². The summed E-state index contributed by atoms with van der Waals surface area (Å²) in [6.07, 6.45) is 4.34. The molecule has 6 nitrogen and oxygen atoms in total. The summed E-state index contributed by atoms with van der Waals surface area (Å²) in [6, 6.07) is 21.5. The molecule has 1 aromatic heterocycles. The third-order valence-electron chi connectivity index (χ3n) is 5.50. The Labute approximate surface area is 200 Å². The summed E-state index contributed by atoms with van der Waals surface area (Å²) in [5, 5.41) is 7.15. The monoisotopic (exact) mass is 455 g/mol. The first-order valence-corrected chi connectivity index (χ1v) is 11.3. The Balaban J connectivity index is 1.32. The third-order valence-corrected chi connectivity index (χ3v) is 5.50. The van der Waals surface area contributed by atoms with Crippen molar-refractivity contribution in [3.8, 4) is 11.5 Å². The van der Waals surface area contributed by atoms with E-state index in [-0.39, 0.29) is 12.6 Å². The Kier molecular flexibility index (Phi) is 7.28. The average Bonchev–Trinajstić information content (AvgIpc) is 3.30. The fraction of sp³-hybridized carbons (Fsp3) is 0.214. The molecular weight excluding hydrogens is 426 g/mol. The van der Waals surface area contributed by atoms with Gasteiger partial charge in [0.2, 0.25) is 0 Å².